The third-order valence-corrected chi connectivity index (χ3v) is 5.05. The van der Waals surface area contributed by atoms with Crippen LogP contribution in [0.15, 0.2) is 60.7 Å². The van der Waals surface area contributed by atoms with Gasteiger partial charge in [0, 0.05) is 24.1 Å². The van der Waals surface area contributed by atoms with E-state index in [2.05, 4.69) is 18.1 Å². The molecule has 0 fully saturated rings. The molecule has 2 rings (SSSR count). The lowest BCUT2D eigenvalue weighted by Crippen LogP contribution is -2.09. The molecule has 0 aliphatic heterocycles. The van der Waals surface area contributed by atoms with Crippen molar-refractivity contribution in [3.63, 3.8) is 0 Å². The number of imidazole rings is 1. The van der Waals surface area contributed by atoms with E-state index in [1.165, 1.54) is 26.0 Å². The van der Waals surface area contributed by atoms with Crippen LogP contribution in [0.4, 0.5) is 8.78 Å². The summed E-state index contributed by atoms with van der Waals surface area (Å²) >= 11 is 0. The van der Waals surface area contributed by atoms with Crippen LogP contribution in [0.3, 0.4) is 0 Å². The van der Waals surface area contributed by atoms with Crippen LogP contribution in [0, 0.1) is 0 Å². The summed E-state index contributed by atoms with van der Waals surface area (Å²) in [5.41, 5.74) is -0.570. The minimum absolute atomic E-state index is 0.122. The van der Waals surface area contributed by atoms with Crippen molar-refractivity contribution in [2.75, 3.05) is 13.4 Å². The van der Waals surface area contributed by atoms with Gasteiger partial charge in [-0.25, -0.2) is 17.8 Å². The quantitative estimate of drug-likeness (QED) is 0.625. The van der Waals surface area contributed by atoms with Crippen LogP contribution in [0.2, 0.25) is 0 Å². The zero-order chi connectivity index (χ0) is 20.8. The Balaban J connectivity index is 0.00000176. The Hall–Kier alpha value is -2.28. The highest BCUT2D eigenvalue weighted by Crippen LogP contribution is 2.30. The van der Waals surface area contributed by atoms with E-state index in [-0.39, 0.29) is 10.8 Å². The van der Waals surface area contributed by atoms with Crippen LogP contribution in [-0.2, 0) is 15.5 Å². The van der Waals surface area contributed by atoms with Crippen LogP contribution in [0.1, 0.15) is 37.7 Å². The van der Waals surface area contributed by atoms with Gasteiger partial charge in [-0.3, -0.25) is 4.39 Å². The first-order valence-electron chi connectivity index (χ1n) is 8.28. The topological polar surface area (TPSA) is 52.0 Å². The molecule has 1 unspecified atom stereocenters. The van der Waals surface area contributed by atoms with Gasteiger partial charge in [-0.1, -0.05) is 12.2 Å². The standard InChI is InChI=1S/C19H23FN2O2S.CH3F/c1-6-8-14(7-2)18-21-17(19(3,4)20)13-22(18)15-9-11-16(12-10-15)25(5,23)24;1-2/h6-7,9-14H,1-2,8H2,3-5H3;1H3. The summed E-state index contributed by atoms with van der Waals surface area (Å²) in [5, 5.41) is 0. The van der Waals surface area contributed by atoms with Crippen LogP contribution < -0.4 is 0 Å². The molecule has 1 aromatic carbocycles. The Morgan fingerprint density at radius 2 is 1.78 bits per heavy atom. The summed E-state index contributed by atoms with van der Waals surface area (Å²) in [6.07, 6.45) is 6.93. The number of rotatable bonds is 7. The van der Waals surface area contributed by atoms with Crippen molar-refractivity contribution in [2.45, 2.75) is 36.8 Å². The molecule has 148 valence electrons. The fourth-order valence-electron chi connectivity index (χ4n) is 2.49. The molecule has 2 aromatic rings. The van der Waals surface area contributed by atoms with Crippen molar-refractivity contribution in [1.29, 1.82) is 0 Å². The van der Waals surface area contributed by atoms with E-state index in [4.69, 9.17) is 0 Å². The number of sulfone groups is 1. The van der Waals surface area contributed by atoms with Crippen molar-refractivity contribution in [1.82, 2.24) is 9.55 Å². The fourth-order valence-corrected chi connectivity index (χ4v) is 3.12. The molecule has 0 amide bonds. The molecule has 0 radical (unpaired) electrons. The Kier molecular flexibility index (Phi) is 7.65. The van der Waals surface area contributed by atoms with Gasteiger partial charge in [0.2, 0.25) is 0 Å². The van der Waals surface area contributed by atoms with Crippen molar-refractivity contribution in [2.24, 2.45) is 0 Å². The van der Waals surface area contributed by atoms with E-state index < -0.39 is 15.5 Å². The van der Waals surface area contributed by atoms with Gasteiger partial charge in [-0.2, -0.15) is 0 Å². The van der Waals surface area contributed by atoms with E-state index in [1.54, 1.807) is 35.0 Å². The van der Waals surface area contributed by atoms with Crippen molar-refractivity contribution < 1.29 is 17.2 Å². The van der Waals surface area contributed by atoms with Crippen LogP contribution in [0.25, 0.3) is 5.69 Å². The van der Waals surface area contributed by atoms with E-state index in [1.807, 2.05) is 0 Å². The molecule has 0 N–H and O–H groups in total. The van der Waals surface area contributed by atoms with Crippen molar-refractivity contribution in [3.05, 3.63) is 67.3 Å². The normalized spacial score (nSPS) is 12.7. The summed E-state index contributed by atoms with van der Waals surface area (Å²) in [4.78, 5) is 4.70. The van der Waals surface area contributed by atoms with Gasteiger partial charge < -0.3 is 4.57 Å². The Morgan fingerprint density at radius 1 is 1.22 bits per heavy atom. The Morgan fingerprint density at radius 3 is 2.19 bits per heavy atom. The lowest BCUT2D eigenvalue weighted by Gasteiger charge is -2.13. The summed E-state index contributed by atoms with van der Waals surface area (Å²) < 4.78 is 48.9. The minimum atomic E-state index is -3.27. The minimum Gasteiger partial charge on any atom is -0.303 e. The van der Waals surface area contributed by atoms with Gasteiger partial charge in [0.1, 0.15) is 11.5 Å². The molecule has 0 bridgehead atoms. The number of alkyl halides is 2. The number of allylic oxidation sites excluding steroid dienone is 2. The molecule has 1 aromatic heterocycles. The van der Waals surface area contributed by atoms with Gasteiger partial charge in [0.25, 0.3) is 0 Å². The Bertz CT molecular complexity index is 880. The molecular weight excluding hydrogens is 370 g/mol. The van der Waals surface area contributed by atoms with Crippen LogP contribution >= 0.6 is 0 Å². The lowest BCUT2D eigenvalue weighted by molar-refractivity contribution is 0.215. The van der Waals surface area contributed by atoms with E-state index in [0.717, 1.165) is 6.26 Å². The monoisotopic (exact) mass is 396 g/mol. The fraction of sp³-hybridized carbons (Fsp3) is 0.350. The molecule has 0 saturated heterocycles. The molecule has 4 nitrogen and oxygen atoms in total. The summed E-state index contributed by atoms with van der Waals surface area (Å²) in [5.74, 6) is 0.519. The van der Waals surface area contributed by atoms with Gasteiger partial charge in [-0.05, 0) is 44.5 Å². The third-order valence-electron chi connectivity index (χ3n) is 3.92. The van der Waals surface area contributed by atoms with Gasteiger partial charge >= 0.3 is 0 Å². The van der Waals surface area contributed by atoms with Crippen molar-refractivity contribution >= 4 is 9.84 Å². The predicted octanol–water partition coefficient (Wildman–Crippen LogP) is 4.91. The van der Waals surface area contributed by atoms with E-state index in [9.17, 15) is 17.2 Å². The lowest BCUT2D eigenvalue weighted by atomic mass is 10.0. The van der Waals surface area contributed by atoms with E-state index >= 15 is 0 Å². The SMILES string of the molecule is C=CCC(C=C)c1nc(C(C)(C)F)cn1-c1ccc(S(C)(=O)=O)cc1.CF. The van der Waals surface area contributed by atoms with E-state index in [0.29, 0.717) is 30.8 Å². The second-order valence-corrected chi connectivity index (χ2v) is 8.48. The number of hydrogen-bond acceptors (Lipinski definition) is 3. The molecule has 0 spiro atoms. The molecule has 27 heavy (non-hydrogen) atoms. The maximum absolute atomic E-state index is 14.4. The predicted molar refractivity (Wildman–Crippen MR) is 106 cm³/mol. The number of benzene rings is 1. The maximum atomic E-state index is 14.4. The summed E-state index contributed by atoms with van der Waals surface area (Å²) in [7, 11) is -2.77. The van der Waals surface area contributed by atoms with Gasteiger partial charge in [0.15, 0.2) is 9.84 Å². The van der Waals surface area contributed by atoms with Gasteiger partial charge in [-0.15, -0.1) is 13.2 Å². The molecule has 0 aliphatic rings. The van der Waals surface area contributed by atoms with Crippen molar-refractivity contribution in [3.8, 4) is 5.69 Å². The van der Waals surface area contributed by atoms with Crippen LogP contribution in [-0.4, -0.2) is 31.4 Å². The number of halogens is 2. The molecule has 1 heterocycles. The summed E-state index contributed by atoms with van der Waals surface area (Å²) in [6, 6.07) is 6.44. The molecular formula is C20H26F2N2O2S. The third kappa shape index (κ3) is 5.60. The maximum Gasteiger partial charge on any atom is 0.175 e. The Labute approximate surface area is 160 Å². The smallest absolute Gasteiger partial charge is 0.175 e. The van der Waals surface area contributed by atoms with Crippen LogP contribution in [0.5, 0.6) is 0 Å². The highest BCUT2D eigenvalue weighted by molar-refractivity contribution is 7.90. The zero-order valence-electron chi connectivity index (χ0n) is 16.1. The highest BCUT2D eigenvalue weighted by atomic mass is 32.2. The number of nitrogens with zero attached hydrogens (tertiary/aromatic N) is 2. The first kappa shape index (κ1) is 22.8. The molecule has 0 aliphatic carbocycles. The number of aromatic nitrogens is 2. The second kappa shape index (κ2) is 9.08. The summed E-state index contributed by atoms with van der Waals surface area (Å²) in [6.45, 7) is 10.5. The zero-order valence-corrected chi connectivity index (χ0v) is 16.9. The number of hydrogen-bond donors (Lipinski definition) is 0. The second-order valence-electron chi connectivity index (χ2n) is 6.46. The average molecular weight is 397 g/mol. The van der Waals surface area contributed by atoms with Gasteiger partial charge in [0.05, 0.1) is 17.8 Å². The molecule has 1 atom stereocenters. The average Bonchev–Trinajstić information content (AvgIpc) is 3.06. The first-order valence-corrected chi connectivity index (χ1v) is 10.2. The highest BCUT2D eigenvalue weighted by Gasteiger charge is 2.26. The largest absolute Gasteiger partial charge is 0.303 e. The first-order chi connectivity index (χ1) is 12.6. The molecule has 7 heteroatoms. The molecule has 0 saturated carbocycles.